The van der Waals surface area contributed by atoms with Crippen molar-refractivity contribution in [3.8, 4) is 0 Å². The summed E-state index contributed by atoms with van der Waals surface area (Å²) in [5.74, 6) is 2.22. The lowest BCUT2D eigenvalue weighted by molar-refractivity contribution is -0.134. The average Bonchev–Trinajstić information content (AvgIpc) is 3.24. The van der Waals surface area contributed by atoms with Gasteiger partial charge in [-0.2, -0.15) is 0 Å². The van der Waals surface area contributed by atoms with E-state index in [1.165, 1.54) is 37.7 Å². The smallest absolute Gasteiger partial charge is 0.226 e. The summed E-state index contributed by atoms with van der Waals surface area (Å²) in [7, 11) is 0. The maximum atomic E-state index is 13.1. The van der Waals surface area contributed by atoms with Crippen LogP contribution in [-0.2, 0) is 11.2 Å². The molecule has 0 heterocycles. The Bertz CT molecular complexity index is 568. The molecule has 4 rings (SSSR count). The van der Waals surface area contributed by atoms with Crippen LogP contribution in [0.4, 0.5) is 0 Å². The number of nitrogens with two attached hydrogens (primary N) is 1. The molecule has 3 fully saturated rings. The summed E-state index contributed by atoms with van der Waals surface area (Å²) >= 11 is 0. The topological polar surface area (TPSA) is 55.1 Å². The van der Waals surface area contributed by atoms with E-state index in [1.54, 1.807) is 0 Å². The number of nitrogens with one attached hydrogen (secondary N) is 1. The van der Waals surface area contributed by atoms with Crippen molar-refractivity contribution < 1.29 is 4.79 Å². The first kappa shape index (κ1) is 15.2. The lowest BCUT2D eigenvalue weighted by Gasteiger charge is -2.37. The van der Waals surface area contributed by atoms with E-state index in [0.717, 1.165) is 18.8 Å². The second kappa shape index (κ2) is 5.94. The third-order valence-corrected chi connectivity index (χ3v) is 6.52. The van der Waals surface area contributed by atoms with Crippen molar-refractivity contribution in [1.29, 1.82) is 0 Å². The number of hydrogen-bond acceptors (Lipinski definition) is 2. The van der Waals surface area contributed by atoms with Gasteiger partial charge in [0.1, 0.15) is 0 Å². The van der Waals surface area contributed by atoms with E-state index in [-0.39, 0.29) is 17.4 Å². The van der Waals surface area contributed by atoms with Gasteiger partial charge in [0.25, 0.3) is 0 Å². The minimum atomic E-state index is -0.187. The monoisotopic (exact) mass is 312 g/mol. The molecule has 3 saturated carbocycles. The van der Waals surface area contributed by atoms with Crippen LogP contribution in [0.1, 0.15) is 44.1 Å². The lowest BCUT2D eigenvalue weighted by Crippen LogP contribution is -2.49. The highest BCUT2D eigenvalue weighted by Gasteiger charge is 2.55. The number of carbonyl (C=O) groups is 1. The van der Waals surface area contributed by atoms with Gasteiger partial charge in [0.05, 0.1) is 5.41 Å². The van der Waals surface area contributed by atoms with Crippen molar-refractivity contribution in [1.82, 2.24) is 5.32 Å². The molecule has 1 aromatic carbocycles. The zero-order chi connectivity index (χ0) is 15.9. The van der Waals surface area contributed by atoms with Crippen molar-refractivity contribution in [2.75, 3.05) is 6.54 Å². The Morgan fingerprint density at radius 2 is 2.00 bits per heavy atom. The average molecular weight is 312 g/mol. The quantitative estimate of drug-likeness (QED) is 0.848. The first-order chi connectivity index (χ1) is 11.2. The minimum absolute atomic E-state index is 0.145. The van der Waals surface area contributed by atoms with Crippen molar-refractivity contribution in [3.05, 3.63) is 35.9 Å². The number of carbonyl (C=O) groups excluding carboxylic acids is 1. The first-order valence-corrected chi connectivity index (χ1v) is 9.25. The molecule has 1 amide bonds. The molecule has 23 heavy (non-hydrogen) atoms. The van der Waals surface area contributed by atoms with Crippen LogP contribution in [0.5, 0.6) is 0 Å². The number of hydrogen-bond donors (Lipinski definition) is 2. The Morgan fingerprint density at radius 3 is 2.61 bits per heavy atom. The van der Waals surface area contributed by atoms with Gasteiger partial charge in [-0.1, -0.05) is 36.8 Å². The summed E-state index contributed by atoms with van der Waals surface area (Å²) in [6.07, 6.45) is 8.20. The fourth-order valence-electron chi connectivity index (χ4n) is 5.06. The Balaban J connectivity index is 1.49. The summed E-state index contributed by atoms with van der Waals surface area (Å²) in [6, 6.07) is 10.7. The van der Waals surface area contributed by atoms with E-state index in [9.17, 15) is 4.79 Å². The molecule has 4 unspecified atom stereocenters. The number of amides is 1. The Morgan fingerprint density at radius 1 is 1.22 bits per heavy atom. The van der Waals surface area contributed by atoms with E-state index in [0.29, 0.717) is 18.4 Å². The summed E-state index contributed by atoms with van der Waals surface area (Å²) in [4.78, 5) is 13.1. The van der Waals surface area contributed by atoms with Gasteiger partial charge in [0.15, 0.2) is 0 Å². The molecule has 124 valence electrons. The Hall–Kier alpha value is -1.35. The highest BCUT2D eigenvalue weighted by Crippen LogP contribution is 2.57. The molecule has 0 spiro atoms. The standard InChI is InChI=1S/C20H28N2O/c21-18(16-7-8-16)13-22-19(23)20(11-14-4-2-1-3-5-14)12-15-6-9-17(20)10-15/h1-5,15-18H,6-13,21H2,(H,22,23). The normalized spacial score (nSPS) is 33.6. The highest BCUT2D eigenvalue weighted by atomic mass is 16.2. The summed E-state index contributed by atoms with van der Waals surface area (Å²) in [5, 5.41) is 3.23. The molecule has 3 N–H and O–H groups in total. The van der Waals surface area contributed by atoms with Gasteiger partial charge in [0.2, 0.25) is 5.91 Å². The van der Waals surface area contributed by atoms with E-state index in [1.807, 2.05) is 6.07 Å². The van der Waals surface area contributed by atoms with Gasteiger partial charge < -0.3 is 11.1 Å². The summed E-state index contributed by atoms with van der Waals surface area (Å²) < 4.78 is 0. The van der Waals surface area contributed by atoms with Crippen molar-refractivity contribution in [2.45, 2.75) is 51.0 Å². The predicted molar refractivity (Wildman–Crippen MR) is 91.7 cm³/mol. The van der Waals surface area contributed by atoms with Crippen molar-refractivity contribution in [2.24, 2.45) is 28.9 Å². The van der Waals surface area contributed by atoms with Crippen LogP contribution in [0.25, 0.3) is 0 Å². The first-order valence-electron chi connectivity index (χ1n) is 9.25. The van der Waals surface area contributed by atoms with E-state index < -0.39 is 0 Å². The molecular formula is C20H28N2O. The molecule has 0 saturated heterocycles. The molecule has 3 nitrogen and oxygen atoms in total. The van der Waals surface area contributed by atoms with Crippen LogP contribution in [0.15, 0.2) is 30.3 Å². The fraction of sp³-hybridized carbons (Fsp3) is 0.650. The van der Waals surface area contributed by atoms with Gasteiger partial charge in [-0.25, -0.2) is 0 Å². The molecule has 3 heteroatoms. The Kier molecular flexibility index (Phi) is 3.92. The van der Waals surface area contributed by atoms with Crippen LogP contribution >= 0.6 is 0 Å². The molecule has 3 aliphatic carbocycles. The lowest BCUT2D eigenvalue weighted by atomic mass is 9.68. The van der Waals surface area contributed by atoms with Crippen molar-refractivity contribution in [3.63, 3.8) is 0 Å². The van der Waals surface area contributed by atoms with Gasteiger partial charge in [-0.3, -0.25) is 4.79 Å². The molecule has 4 atom stereocenters. The zero-order valence-electron chi connectivity index (χ0n) is 13.8. The second-order valence-electron chi connectivity index (χ2n) is 8.11. The highest BCUT2D eigenvalue weighted by molar-refractivity contribution is 5.84. The van der Waals surface area contributed by atoms with Crippen LogP contribution in [0, 0.1) is 23.2 Å². The molecular weight excluding hydrogens is 284 g/mol. The maximum absolute atomic E-state index is 13.1. The third-order valence-electron chi connectivity index (χ3n) is 6.52. The molecule has 0 radical (unpaired) electrons. The predicted octanol–water partition coefficient (Wildman–Crippen LogP) is 2.89. The number of rotatable bonds is 6. The van der Waals surface area contributed by atoms with E-state index in [2.05, 4.69) is 29.6 Å². The van der Waals surface area contributed by atoms with Crippen molar-refractivity contribution >= 4 is 5.91 Å². The zero-order valence-corrected chi connectivity index (χ0v) is 13.8. The maximum Gasteiger partial charge on any atom is 0.226 e. The van der Waals surface area contributed by atoms with E-state index >= 15 is 0 Å². The van der Waals surface area contributed by atoms with Gasteiger partial charge in [0, 0.05) is 12.6 Å². The van der Waals surface area contributed by atoms with Crippen LogP contribution in [-0.4, -0.2) is 18.5 Å². The molecule has 3 aliphatic rings. The molecule has 0 aromatic heterocycles. The van der Waals surface area contributed by atoms with Gasteiger partial charge in [-0.05, 0) is 61.8 Å². The largest absolute Gasteiger partial charge is 0.354 e. The number of benzene rings is 1. The summed E-state index contributed by atoms with van der Waals surface area (Å²) in [5.41, 5.74) is 7.29. The van der Waals surface area contributed by atoms with Gasteiger partial charge >= 0.3 is 0 Å². The third kappa shape index (κ3) is 2.91. The molecule has 1 aromatic rings. The van der Waals surface area contributed by atoms with Crippen LogP contribution in [0.3, 0.4) is 0 Å². The second-order valence-corrected chi connectivity index (χ2v) is 8.11. The minimum Gasteiger partial charge on any atom is -0.354 e. The SMILES string of the molecule is NC(CNC(=O)C1(Cc2ccccc2)CC2CCC1C2)C1CC1. The molecule has 2 bridgehead atoms. The van der Waals surface area contributed by atoms with E-state index in [4.69, 9.17) is 5.73 Å². The fourth-order valence-corrected chi connectivity index (χ4v) is 5.06. The van der Waals surface area contributed by atoms with Gasteiger partial charge in [-0.15, -0.1) is 0 Å². The van der Waals surface area contributed by atoms with Crippen LogP contribution in [0.2, 0.25) is 0 Å². The summed E-state index contributed by atoms with van der Waals surface area (Å²) in [6.45, 7) is 0.650. The number of fused-ring (bicyclic) bond motifs is 2. The Labute approximate surface area is 139 Å². The van der Waals surface area contributed by atoms with Crippen LogP contribution < -0.4 is 11.1 Å². The molecule has 0 aliphatic heterocycles.